The molecule has 1 aromatic carbocycles. The number of benzene rings is 1. The zero-order valence-corrected chi connectivity index (χ0v) is 12.6. The second-order valence-corrected chi connectivity index (χ2v) is 5.56. The fourth-order valence-electron chi connectivity index (χ4n) is 3.07. The average Bonchev–Trinajstić information content (AvgIpc) is 3.05. The first-order valence-electron chi connectivity index (χ1n) is 7.47. The number of amides is 1. The maximum Gasteiger partial charge on any atom is 0.272 e. The first kappa shape index (κ1) is 14.5. The summed E-state index contributed by atoms with van der Waals surface area (Å²) < 4.78 is 5.21. The van der Waals surface area contributed by atoms with Crippen molar-refractivity contribution in [2.45, 2.75) is 31.2 Å². The molecule has 5 heteroatoms. The predicted octanol–water partition coefficient (Wildman–Crippen LogP) is 2.68. The van der Waals surface area contributed by atoms with Gasteiger partial charge in [-0.15, -0.1) is 0 Å². The second-order valence-electron chi connectivity index (χ2n) is 5.56. The Hall–Kier alpha value is -2.43. The molecule has 1 fully saturated rings. The maximum absolute atomic E-state index is 12.5. The number of nitrogens with one attached hydrogen (secondary N) is 1. The third-order valence-corrected chi connectivity index (χ3v) is 4.25. The standard InChI is InChI=1S/C17H19N3O2/c1-22-14-6-4-13(5-7-14)17(8-2-3-9-17)20-16(21)15-12-18-10-11-19-15/h4-7,10-12H,2-3,8-9H2,1H3,(H,20,21). The van der Waals surface area contributed by atoms with Crippen LogP contribution in [0.4, 0.5) is 0 Å². The Morgan fingerprint density at radius 1 is 1.18 bits per heavy atom. The Bertz CT molecular complexity index is 635. The van der Waals surface area contributed by atoms with Crippen LogP contribution in [0, 0.1) is 0 Å². The van der Waals surface area contributed by atoms with Crippen LogP contribution in [0.1, 0.15) is 41.7 Å². The summed E-state index contributed by atoms with van der Waals surface area (Å²) in [6.07, 6.45) is 8.66. The molecule has 1 amide bonds. The molecule has 22 heavy (non-hydrogen) atoms. The number of methoxy groups -OCH3 is 1. The van der Waals surface area contributed by atoms with Gasteiger partial charge < -0.3 is 10.1 Å². The van der Waals surface area contributed by atoms with E-state index >= 15 is 0 Å². The molecular formula is C17H19N3O2. The van der Waals surface area contributed by atoms with E-state index in [1.807, 2.05) is 24.3 Å². The van der Waals surface area contributed by atoms with E-state index in [-0.39, 0.29) is 11.4 Å². The van der Waals surface area contributed by atoms with Gasteiger partial charge in [-0.3, -0.25) is 9.78 Å². The van der Waals surface area contributed by atoms with Crippen molar-refractivity contribution in [3.63, 3.8) is 0 Å². The molecule has 1 saturated carbocycles. The van der Waals surface area contributed by atoms with Crippen molar-refractivity contribution in [3.05, 3.63) is 54.1 Å². The molecule has 0 atom stereocenters. The minimum atomic E-state index is -0.319. The smallest absolute Gasteiger partial charge is 0.272 e. The normalized spacial score (nSPS) is 16.2. The van der Waals surface area contributed by atoms with E-state index in [2.05, 4.69) is 15.3 Å². The quantitative estimate of drug-likeness (QED) is 0.942. The molecule has 1 aliphatic rings. The Kier molecular flexibility index (Phi) is 4.04. The van der Waals surface area contributed by atoms with Gasteiger partial charge in [0.1, 0.15) is 11.4 Å². The Morgan fingerprint density at radius 2 is 1.91 bits per heavy atom. The molecular weight excluding hydrogens is 278 g/mol. The summed E-state index contributed by atoms with van der Waals surface area (Å²) >= 11 is 0. The van der Waals surface area contributed by atoms with Crippen molar-refractivity contribution in [1.82, 2.24) is 15.3 Å². The first-order valence-corrected chi connectivity index (χ1v) is 7.47. The molecule has 1 heterocycles. The van der Waals surface area contributed by atoms with E-state index in [9.17, 15) is 4.79 Å². The number of carbonyl (C=O) groups is 1. The molecule has 0 aliphatic heterocycles. The topological polar surface area (TPSA) is 64.1 Å². The molecule has 5 nitrogen and oxygen atoms in total. The minimum Gasteiger partial charge on any atom is -0.497 e. The molecule has 0 bridgehead atoms. The van der Waals surface area contributed by atoms with Crippen LogP contribution in [0.2, 0.25) is 0 Å². The fraction of sp³-hybridized carbons (Fsp3) is 0.353. The molecule has 0 spiro atoms. The molecule has 1 N–H and O–H groups in total. The van der Waals surface area contributed by atoms with Gasteiger partial charge in [-0.1, -0.05) is 25.0 Å². The number of nitrogens with zero attached hydrogens (tertiary/aromatic N) is 2. The number of ether oxygens (including phenoxy) is 1. The fourth-order valence-corrected chi connectivity index (χ4v) is 3.07. The highest BCUT2D eigenvalue weighted by atomic mass is 16.5. The van der Waals surface area contributed by atoms with E-state index < -0.39 is 0 Å². The molecule has 0 radical (unpaired) electrons. The van der Waals surface area contributed by atoms with Crippen LogP contribution in [0.25, 0.3) is 0 Å². The summed E-state index contributed by atoms with van der Waals surface area (Å²) in [6.45, 7) is 0. The summed E-state index contributed by atoms with van der Waals surface area (Å²) in [5, 5.41) is 3.18. The van der Waals surface area contributed by atoms with E-state index in [4.69, 9.17) is 4.74 Å². The number of carbonyl (C=O) groups excluding carboxylic acids is 1. The summed E-state index contributed by atoms with van der Waals surface area (Å²) in [5.41, 5.74) is 1.14. The van der Waals surface area contributed by atoms with Crippen LogP contribution >= 0.6 is 0 Å². The van der Waals surface area contributed by atoms with E-state index in [0.29, 0.717) is 5.69 Å². The van der Waals surface area contributed by atoms with E-state index in [0.717, 1.165) is 37.0 Å². The highest BCUT2D eigenvalue weighted by molar-refractivity contribution is 5.92. The zero-order chi connectivity index (χ0) is 15.4. The van der Waals surface area contributed by atoms with E-state index in [1.54, 1.807) is 13.3 Å². The second kappa shape index (κ2) is 6.13. The third-order valence-electron chi connectivity index (χ3n) is 4.25. The summed E-state index contributed by atoms with van der Waals surface area (Å²) in [4.78, 5) is 20.5. The van der Waals surface area contributed by atoms with Crippen LogP contribution < -0.4 is 10.1 Å². The Labute approximate surface area is 129 Å². The number of rotatable bonds is 4. The molecule has 1 aliphatic carbocycles. The van der Waals surface area contributed by atoms with Gasteiger partial charge in [0.25, 0.3) is 5.91 Å². The molecule has 114 valence electrons. The van der Waals surface area contributed by atoms with Crippen LogP contribution in [0.3, 0.4) is 0 Å². The van der Waals surface area contributed by atoms with Crippen molar-refractivity contribution in [2.75, 3.05) is 7.11 Å². The summed E-state index contributed by atoms with van der Waals surface area (Å²) in [6, 6.07) is 7.93. The first-order chi connectivity index (χ1) is 10.7. The zero-order valence-electron chi connectivity index (χ0n) is 12.6. The Morgan fingerprint density at radius 3 is 2.50 bits per heavy atom. The number of hydrogen-bond donors (Lipinski definition) is 1. The molecule has 1 aromatic heterocycles. The largest absolute Gasteiger partial charge is 0.497 e. The van der Waals surface area contributed by atoms with Crippen LogP contribution in [0.15, 0.2) is 42.9 Å². The molecule has 0 unspecified atom stereocenters. The van der Waals surface area contributed by atoms with Crippen LogP contribution in [-0.2, 0) is 5.54 Å². The number of aromatic nitrogens is 2. The lowest BCUT2D eigenvalue weighted by Crippen LogP contribution is -2.44. The van der Waals surface area contributed by atoms with Crippen molar-refractivity contribution < 1.29 is 9.53 Å². The summed E-state index contributed by atoms with van der Waals surface area (Å²) in [5.74, 6) is 0.642. The van der Waals surface area contributed by atoms with E-state index in [1.165, 1.54) is 12.4 Å². The lowest BCUT2D eigenvalue weighted by molar-refractivity contribution is 0.0892. The third kappa shape index (κ3) is 2.79. The van der Waals surface area contributed by atoms with Crippen LogP contribution in [-0.4, -0.2) is 23.0 Å². The Balaban J connectivity index is 1.86. The molecule has 0 saturated heterocycles. The maximum atomic E-state index is 12.5. The summed E-state index contributed by atoms with van der Waals surface area (Å²) in [7, 11) is 1.65. The highest BCUT2D eigenvalue weighted by Crippen LogP contribution is 2.39. The minimum absolute atomic E-state index is 0.175. The lowest BCUT2D eigenvalue weighted by Gasteiger charge is -2.31. The van der Waals surface area contributed by atoms with Gasteiger partial charge in [0.05, 0.1) is 18.8 Å². The van der Waals surface area contributed by atoms with Gasteiger partial charge in [0.15, 0.2) is 0 Å². The highest BCUT2D eigenvalue weighted by Gasteiger charge is 2.37. The van der Waals surface area contributed by atoms with Gasteiger partial charge in [0, 0.05) is 12.4 Å². The van der Waals surface area contributed by atoms with Gasteiger partial charge >= 0.3 is 0 Å². The van der Waals surface area contributed by atoms with Gasteiger partial charge in [-0.05, 0) is 30.5 Å². The number of hydrogen-bond acceptors (Lipinski definition) is 4. The molecule has 2 aromatic rings. The predicted molar refractivity (Wildman–Crippen MR) is 82.6 cm³/mol. The van der Waals surface area contributed by atoms with Gasteiger partial charge in [0.2, 0.25) is 0 Å². The monoisotopic (exact) mass is 297 g/mol. The van der Waals surface area contributed by atoms with Crippen molar-refractivity contribution in [1.29, 1.82) is 0 Å². The lowest BCUT2D eigenvalue weighted by atomic mass is 9.88. The van der Waals surface area contributed by atoms with Gasteiger partial charge in [-0.2, -0.15) is 0 Å². The van der Waals surface area contributed by atoms with Crippen molar-refractivity contribution in [2.24, 2.45) is 0 Å². The van der Waals surface area contributed by atoms with Crippen molar-refractivity contribution in [3.8, 4) is 5.75 Å². The van der Waals surface area contributed by atoms with Crippen molar-refractivity contribution >= 4 is 5.91 Å². The average molecular weight is 297 g/mol. The van der Waals surface area contributed by atoms with Gasteiger partial charge in [-0.25, -0.2) is 4.98 Å². The molecule has 3 rings (SSSR count). The SMILES string of the molecule is COc1ccc(C2(NC(=O)c3cnccn3)CCCC2)cc1. The van der Waals surface area contributed by atoms with Crippen LogP contribution in [0.5, 0.6) is 5.75 Å².